The lowest BCUT2D eigenvalue weighted by Gasteiger charge is -2.28. The Morgan fingerprint density at radius 1 is 0.833 bits per heavy atom. The summed E-state index contributed by atoms with van der Waals surface area (Å²) >= 11 is 0. The molecule has 2 bridgehead atoms. The zero-order chi connectivity index (χ0) is 12.5. The van der Waals surface area contributed by atoms with Gasteiger partial charge < -0.3 is 0 Å². The van der Waals surface area contributed by atoms with Crippen molar-refractivity contribution in [1.82, 2.24) is 0 Å². The predicted octanol–water partition coefficient (Wildman–Crippen LogP) is 3.52. The maximum atomic E-state index is 9.11. The first kappa shape index (κ1) is 10.8. The zero-order valence-corrected chi connectivity index (χ0v) is 9.93. The molecule has 1 aromatic carbocycles. The molecule has 18 heavy (non-hydrogen) atoms. The van der Waals surface area contributed by atoms with Gasteiger partial charge in [-0.1, -0.05) is 24.3 Å². The van der Waals surface area contributed by atoms with Gasteiger partial charge in [-0.05, 0) is 36.1 Å². The Labute approximate surface area is 106 Å². The molecule has 0 spiro atoms. The van der Waals surface area contributed by atoms with Gasteiger partial charge in [0.15, 0.2) is 0 Å². The van der Waals surface area contributed by atoms with Crippen molar-refractivity contribution in [2.75, 3.05) is 0 Å². The van der Waals surface area contributed by atoms with Crippen LogP contribution in [0.2, 0.25) is 0 Å². The predicted molar refractivity (Wildman–Crippen MR) is 68.9 cm³/mol. The molecule has 2 unspecified atom stereocenters. The van der Waals surface area contributed by atoms with Crippen molar-refractivity contribution in [3.8, 4) is 12.1 Å². The first-order valence-electron chi connectivity index (χ1n) is 6.15. The second kappa shape index (κ2) is 4.17. The fourth-order valence-corrected chi connectivity index (χ4v) is 2.83. The SMILES string of the molecule is N#Cc1cc2c(cc1C#N)C1C=CC2C/C=C\C1. The zero-order valence-electron chi connectivity index (χ0n) is 9.93. The van der Waals surface area contributed by atoms with Crippen molar-refractivity contribution in [3.63, 3.8) is 0 Å². The summed E-state index contributed by atoms with van der Waals surface area (Å²) in [4.78, 5) is 0. The van der Waals surface area contributed by atoms with E-state index in [9.17, 15) is 0 Å². The lowest BCUT2D eigenvalue weighted by Crippen LogP contribution is -2.12. The van der Waals surface area contributed by atoms with Gasteiger partial charge in [0, 0.05) is 11.8 Å². The van der Waals surface area contributed by atoms with E-state index in [0.29, 0.717) is 23.0 Å². The number of hydrogen-bond donors (Lipinski definition) is 0. The van der Waals surface area contributed by atoms with Crippen molar-refractivity contribution in [1.29, 1.82) is 10.5 Å². The Morgan fingerprint density at radius 2 is 1.28 bits per heavy atom. The van der Waals surface area contributed by atoms with Gasteiger partial charge in [0.05, 0.1) is 11.1 Å². The molecule has 2 atom stereocenters. The van der Waals surface area contributed by atoms with Crippen LogP contribution in [0.25, 0.3) is 0 Å². The third-order valence-corrected chi connectivity index (χ3v) is 3.79. The quantitative estimate of drug-likeness (QED) is 0.642. The molecule has 0 amide bonds. The second-order valence-corrected chi connectivity index (χ2v) is 4.79. The lowest BCUT2D eigenvalue weighted by atomic mass is 9.76. The minimum atomic E-state index is 0.354. The molecule has 0 N–H and O–H groups in total. The average molecular weight is 232 g/mol. The third-order valence-electron chi connectivity index (χ3n) is 3.79. The Kier molecular flexibility index (Phi) is 2.50. The Hall–Kier alpha value is -2.32. The molecular formula is C16H12N2. The highest BCUT2D eigenvalue weighted by atomic mass is 14.3. The van der Waals surface area contributed by atoms with E-state index < -0.39 is 0 Å². The van der Waals surface area contributed by atoms with Gasteiger partial charge in [-0.3, -0.25) is 0 Å². The summed E-state index contributed by atoms with van der Waals surface area (Å²) in [6, 6.07) is 8.08. The first-order valence-corrected chi connectivity index (χ1v) is 6.15. The maximum absolute atomic E-state index is 9.11. The molecule has 0 fully saturated rings. The summed E-state index contributed by atoms with van der Waals surface area (Å²) < 4.78 is 0. The third kappa shape index (κ3) is 1.55. The van der Waals surface area contributed by atoms with Crippen LogP contribution in [-0.2, 0) is 0 Å². The van der Waals surface area contributed by atoms with E-state index in [0.717, 1.165) is 12.8 Å². The van der Waals surface area contributed by atoms with Crippen molar-refractivity contribution in [2.45, 2.75) is 24.7 Å². The molecule has 86 valence electrons. The Balaban J connectivity index is 2.23. The number of rotatable bonds is 0. The van der Waals surface area contributed by atoms with E-state index >= 15 is 0 Å². The number of benzene rings is 1. The van der Waals surface area contributed by atoms with Crippen molar-refractivity contribution in [3.05, 3.63) is 58.7 Å². The van der Waals surface area contributed by atoms with E-state index in [4.69, 9.17) is 10.5 Å². The minimum Gasteiger partial charge on any atom is -0.192 e. The van der Waals surface area contributed by atoms with Gasteiger partial charge in [0.2, 0.25) is 0 Å². The van der Waals surface area contributed by atoms with Crippen LogP contribution in [0.15, 0.2) is 36.4 Å². The fraction of sp³-hybridized carbons (Fsp3) is 0.250. The van der Waals surface area contributed by atoms with Gasteiger partial charge in [0.25, 0.3) is 0 Å². The van der Waals surface area contributed by atoms with E-state index in [1.807, 2.05) is 12.1 Å². The molecule has 3 rings (SSSR count). The standard InChI is InChI=1S/C16H12N2/c17-9-13-7-15-11-3-1-2-4-12(6-5-11)16(15)8-14(13)10-18/h1-2,5-8,11-12H,3-4H2/b2-1-. The number of nitriles is 2. The Morgan fingerprint density at radius 3 is 1.67 bits per heavy atom. The highest BCUT2D eigenvalue weighted by molar-refractivity contribution is 5.55. The molecule has 0 radical (unpaired) electrons. The highest BCUT2D eigenvalue weighted by Crippen LogP contribution is 2.40. The maximum Gasteiger partial charge on any atom is 0.101 e. The molecule has 0 aromatic heterocycles. The van der Waals surface area contributed by atoms with Crippen LogP contribution in [0, 0.1) is 22.7 Å². The van der Waals surface area contributed by atoms with Crippen LogP contribution in [-0.4, -0.2) is 0 Å². The van der Waals surface area contributed by atoms with Crippen LogP contribution in [0.3, 0.4) is 0 Å². The van der Waals surface area contributed by atoms with E-state index in [-0.39, 0.29) is 0 Å². The van der Waals surface area contributed by atoms with Crippen LogP contribution in [0.1, 0.15) is 46.9 Å². The van der Waals surface area contributed by atoms with Gasteiger partial charge in [-0.25, -0.2) is 0 Å². The van der Waals surface area contributed by atoms with Crippen LogP contribution in [0.4, 0.5) is 0 Å². The van der Waals surface area contributed by atoms with Gasteiger partial charge in [0.1, 0.15) is 12.1 Å². The van der Waals surface area contributed by atoms with Gasteiger partial charge in [-0.15, -0.1) is 0 Å². The normalized spacial score (nSPS) is 25.4. The van der Waals surface area contributed by atoms with E-state index in [2.05, 4.69) is 36.4 Å². The van der Waals surface area contributed by atoms with Crippen LogP contribution in [0.5, 0.6) is 0 Å². The van der Waals surface area contributed by atoms with Crippen LogP contribution < -0.4 is 0 Å². The minimum absolute atomic E-state index is 0.354. The molecule has 0 heterocycles. The van der Waals surface area contributed by atoms with Crippen molar-refractivity contribution < 1.29 is 0 Å². The number of fused-ring (bicyclic) bond motifs is 5. The monoisotopic (exact) mass is 232 g/mol. The second-order valence-electron chi connectivity index (χ2n) is 4.79. The molecular weight excluding hydrogens is 220 g/mol. The molecule has 2 nitrogen and oxygen atoms in total. The lowest BCUT2D eigenvalue weighted by molar-refractivity contribution is 0.729. The molecule has 0 aliphatic heterocycles. The summed E-state index contributed by atoms with van der Waals surface area (Å²) in [5, 5.41) is 18.2. The number of allylic oxidation sites excluding steroid dienone is 4. The van der Waals surface area contributed by atoms with Crippen molar-refractivity contribution in [2.24, 2.45) is 0 Å². The smallest absolute Gasteiger partial charge is 0.101 e. The first-order chi connectivity index (χ1) is 8.83. The summed E-state index contributed by atoms with van der Waals surface area (Å²) in [6.45, 7) is 0. The number of hydrogen-bond acceptors (Lipinski definition) is 2. The molecule has 2 heteroatoms. The molecule has 0 saturated carbocycles. The molecule has 2 aliphatic rings. The van der Waals surface area contributed by atoms with E-state index in [1.54, 1.807) is 0 Å². The molecule has 0 saturated heterocycles. The number of nitrogens with zero attached hydrogens (tertiary/aromatic N) is 2. The highest BCUT2D eigenvalue weighted by Gasteiger charge is 2.24. The van der Waals surface area contributed by atoms with Gasteiger partial charge >= 0.3 is 0 Å². The average Bonchev–Trinajstić information content (AvgIpc) is 2.37. The molecule has 1 aromatic rings. The topological polar surface area (TPSA) is 47.6 Å². The largest absolute Gasteiger partial charge is 0.192 e. The Bertz CT molecular complexity index is 583. The van der Waals surface area contributed by atoms with Gasteiger partial charge in [-0.2, -0.15) is 10.5 Å². The van der Waals surface area contributed by atoms with Crippen molar-refractivity contribution >= 4 is 0 Å². The van der Waals surface area contributed by atoms with Crippen LogP contribution >= 0.6 is 0 Å². The van der Waals surface area contributed by atoms with E-state index in [1.165, 1.54) is 11.1 Å². The summed E-state index contributed by atoms with van der Waals surface area (Å²) in [5.74, 6) is 0.709. The summed E-state index contributed by atoms with van der Waals surface area (Å²) in [7, 11) is 0. The summed E-state index contributed by atoms with van der Waals surface area (Å²) in [6.07, 6.45) is 10.9. The molecule has 2 aliphatic carbocycles. The fourth-order valence-electron chi connectivity index (χ4n) is 2.83. The summed E-state index contributed by atoms with van der Waals surface area (Å²) in [5.41, 5.74) is 3.45.